The van der Waals surface area contributed by atoms with Crippen LogP contribution in [-0.4, -0.2) is 11.8 Å². The van der Waals surface area contributed by atoms with Crippen molar-refractivity contribution in [3.05, 3.63) is 65.5 Å². The first-order valence-electron chi connectivity index (χ1n) is 8.00. The number of hydrogen-bond donors (Lipinski definition) is 2. The average molecular weight is 326 g/mol. The highest BCUT2D eigenvalue weighted by atomic mass is 19.1. The zero-order chi connectivity index (χ0) is 17.1. The van der Waals surface area contributed by atoms with Crippen LogP contribution < -0.4 is 10.6 Å². The molecule has 4 nitrogen and oxygen atoms in total. The zero-order valence-electron chi connectivity index (χ0n) is 13.4. The van der Waals surface area contributed by atoms with Gasteiger partial charge in [0.2, 0.25) is 5.91 Å². The van der Waals surface area contributed by atoms with Gasteiger partial charge < -0.3 is 10.6 Å². The molecule has 1 saturated carbocycles. The van der Waals surface area contributed by atoms with Crippen LogP contribution in [0.3, 0.4) is 0 Å². The largest absolute Gasteiger partial charge is 0.346 e. The van der Waals surface area contributed by atoms with Gasteiger partial charge in [-0.1, -0.05) is 12.1 Å². The molecule has 0 radical (unpaired) electrons. The summed E-state index contributed by atoms with van der Waals surface area (Å²) in [5.74, 6) is -0.338. The van der Waals surface area contributed by atoms with Gasteiger partial charge in [0.25, 0.3) is 5.91 Å². The number of halogens is 1. The second-order valence-electron chi connectivity index (χ2n) is 6.09. The number of nitrogens with one attached hydrogen (secondary N) is 2. The molecular weight excluding hydrogens is 307 g/mol. The molecule has 1 aliphatic carbocycles. The van der Waals surface area contributed by atoms with Gasteiger partial charge in [0, 0.05) is 17.2 Å². The van der Waals surface area contributed by atoms with E-state index in [0.717, 1.165) is 18.4 Å². The van der Waals surface area contributed by atoms with Gasteiger partial charge in [-0.2, -0.15) is 0 Å². The van der Waals surface area contributed by atoms with Gasteiger partial charge in [-0.25, -0.2) is 4.39 Å². The van der Waals surface area contributed by atoms with E-state index in [1.54, 1.807) is 36.4 Å². The van der Waals surface area contributed by atoms with Gasteiger partial charge >= 0.3 is 0 Å². The second-order valence-corrected chi connectivity index (χ2v) is 6.09. The third-order valence-corrected chi connectivity index (χ3v) is 4.08. The Bertz CT molecular complexity index is 737. The molecule has 0 bridgehead atoms. The van der Waals surface area contributed by atoms with Crippen LogP contribution in [0.25, 0.3) is 0 Å². The third kappa shape index (κ3) is 3.98. The number of amides is 2. The first-order valence-corrected chi connectivity index (χ1v) is 8.00. The van der Waals surface area contributed by atoms with Crippen LogP contribution in [0.1, 0.15) is 41.7 Å². The summed E-state index contributed by atoms with van der Waals surface area (Å²) in [4.78, 5) is 24.0. The van der Waals surface area contributed by atoms with Crippen LogP contribution >= 0.6 is 0 Å². The number of benzene rings is 2. The molecule has 1 atom stereocenters. The van der Waals surface area contributed by atoms with Crippen LogP contribution in [0.2, 0.25) is 0 Å². The maximum Gasteiger partial charge on any atom is 0.251 e. The van der Waals surface area contributed by atoms with Crippen molar-refractivity contribution in [1.82, 2.24) is 5.32 Å². The molecular formula is C19H19FN2O2. The molecule has 2 amide bonds. The Morgan fingerprint density at radius 1 is 1.04 bits per heavy atom. The lowest BCUT2D eigenvalue weighted by atomic mass is 10.1. The molecule has 1 aliphatic rings. The van der Waals surface area contributed by atoms with Gasteiger partial charge in [-0.05, 0) is 61.7 Å². The zero-order valence-corrected chi connectivity index (χ0v) is 13.4. The van der Waals surface area contributed by atoms with Crippen molar-refractivity contribution < 1.29 is 14.0 Å². The smallest absolute Gasteiger partial charge is 0.251 e. The van der Waals surface area contributed by atoms with Crippen molar-refractivity contribution in [2.75, 3.05) is 5.32 Å². The molecule has 2 N–H and O–H groups in total. The number of hydrogen-bond acceptors (Lipinski definition) is 2. The second kappa shape index (κ2) is 6.83. The van der Waals surface area contributed by atoms with Crippen molar-refractivity contribution in [3.8, 4) is 0 Å². The topological polar surface area (TPSA) is 58.2 Å². The molecule has 2 aromatic rings. The van der Waals surface area contributed by atoms with Crippen molar-refractivity contribution in [2.24, 2.45) is 5.92 Å². The Kier molecular flexibility index (Phi) is 4.60. The molecule has 3 rings (SSSR count). The number of rotatable bonds is 5. The predicted molar refractivity (Wildman–Crippen MR) is 90.1 cm³/mol. The molecule has 0 aromatic heterocycles. The molecule has 0 heterocycles. The van der Waals surface area contributed by atoms with E-state index < -0.39 is 0 Å². The minimum absolute atomic E-state index is 0.0390. The highest BCUT2D eigenvalue weighted by Crippen LogP contribution is 2.30. The molecule has 0 saturated heterocycles. The van der Waals surface area contributed by atoms with Crippen molar-refractivity contribution in [1.29, 1.82) is 0 Å². The Morgan fingerprint density at radius 3 is 2.25 bits per heavy atom. The van der Waals surface area contributed by atoms with E-state index in [4.69, 9.17) is 0 Å². The summed E-state index contributed by atoms with van der Waals surface area (Å²) in [7, 11) is 0. The summed E-state index contributed by atoms with van der Waals surface area (Å²) in [5.41, 5.74) is 2.03. The van der Waals surface area contributed by atoms with Crippen molar-refractivity contribution in [3.63, 3.8) is 0 Å². The Balaban J connectivity index is 1.59. The summed E-state index contributed by atoms with van der Waals surface area (Å²) in [6.45, 7) is 1.84. The predicted octanol–water partition coefficient (Wildman–Crippen LogP) is 3.67. The first-order chi connectivity index (χ1) is 11.5. The molecule has 1 fully saturated rings. The van der Waals surface area contributed by atoms with Gasteiger partial charge in [-0.15, -0.1) is 0 Å². The SMILES string of the molecule is C[C@@H](NC(=O)c1ccc(NC(=O)C2CC2)cc1)c1ccc(F)cc1. The molecule has 0 spiro atoms. The molecule has 5 heteroatoms. The number of anilines is 1. The van der Waals surface area contributed by atoms with E-state index in [2.05, 4.69) is 10.6 Å². The maximum absolute atomic E-state index is 12.9. The van der Waals surface area contributed by atoms with Gasteiger partial charge in [0.15, 0.2) is 0 Å². The Hall–Kier alpha value is -2.69. The lowest BCUT2D eigenvalue weighted by Gasteiger charge is -2.14. The summed E-state index contributed by atoms with van der Waals surface area (Å²) in [6.07, 6.45) is 1.90. The normalized spacial score (nSPS) is 14.8. The van der Waals surface area contributed by atoms with Crippen LogP contribution in [0.4, 0.5) is 10.1 Å². The molecule has 0 aliphatic heterocycles. The minimum atomic E-state index is -0.305. The fourth-order valence-corrected chi connectivity index (χ4v) is 2.41. The lowest BCUT2D eigenvalue weighted by molar-refractivity contribution is -0.117. The van der Waals surface area contributed by atoms with Crippen LogP contribution in [0.5, 0.6) is 0 Å². The van der Waals surface area contributed by atoms with E-state index in [9.17, 15) is 14.0 Å². The fraction of sp³-hybridized carbons (Fsp3) is 0.263. The van der Waals surface area contributed by atoms with Crippen LogP contribution in [0, 0.1) is 11.7 Å². The van der Waals surface area contributed by atoms with E-state index in [1.807, 2.05) is 6.92 Å². The van der Waals surface area contributed by atoms with E-state index in [-0.39, 0.29) is 29.6 Å². The lowest BCUT2D eigenvalue weighted by Crippen LogP contribution is -2.26. The third-order valence-electron chi connectivity index (χ3n) is 4.08. The minimum Gasteiger partial charge on any atom is -0.346 e. The van der Waals surface area contributed by atoms with Crippen LogP contribution in [-0.2, 0) is 4.79 Å². The number of carbonyl (C=O) groups excluding carboxylic acids is 2. The first kappa shape index (κ1) is 16.2. The molecule has 2 aromatic carbocycles. The molecule has 124 valence electrons. The quantitative estimate of drug-likeness (QED) is 0.881. The van der Waals surface area contributed by atoms with Crippen molar-refractivity contribution >= 4 is 17.5 Å². The van der Waals surface area contributed by atoms with Gasteiger partial charge in [0.1, 0.15) is 5.82 Å². The highest BCUT2D eigenvalue weighted by molar-refractivity contribution is 5.96. The van der Waals surface area contributed by atoms with Crippen molar-refractivity contribution in [2.45, 2.75) is 25.8 Å². The summed E-state index contributed by atoms with van der Waals surface area (Å²) in [6, 6.07) is 12.6. The van der Waals surface area contributed by atoms with E-state index >= 15 is 0 Å². The monoisotopic (exact) mass is 326 g/mol. The summed E-state index contributed by atoms with van der Waals surface area (Å²) >= 11 is 0. The average Bonchev–Trinajstić information content (AvgIpc) is 3.41. The fourth-order valence-electron chi connectivity index (χ4n) is 2.41. The maximum atomic E-state index is 12.9. The van der Waals surface area contributed by atoms with E-state index in [1.165, 1.54) is 12.1 Å². The van der Waals surface area contributed by atoms with Gasteiger partial charge in [-0.3, -0.25) is 9.59 Å². The summed E-state index contributed by atoms with van der Waals surface area (Å²) in [5, 5.41) is 5.71. The molecule has 0 unspecified atom stereocenters. The molecule has 24 heavy (non-hydrogen) atoms. The van der Waals surface area contributed by atoms with E-state index in [0.29, 0.717) is 11.3 Å². The Labute approximate surface area is 140 Å². The highest BCUT2D eigenvalue weighted by Gasteiger charge is 2.29. The summed E-state index contributed by atoms with van der Waals surface area (Å²) < 4.78 is 12.9. The van der Waals surface area contributed by atoms with Gasteiger partial charge in [0.05, 0.1) is 6.04 Å². The van der Waals surface area contributed by atoms with Crippen LogP contribution in [0.15, 0.2) is 48.5 Å². The standard InChI is InChI=1S/C19H19FN2O2/c1-12(13-4-8-16(20)9-5-13)21-18(23)15-6-10-17(11-7-15)22-19(24)14-2-3-14/h4-12,14H,2-3H2,1H3,(H,21,23)(H,22,24)/t12-/m1/s1. The number of carbonyl (C=O) groups is 2. The Morgan fingerprint density at radius 2 is 1.67 bits per heavy atom.